The Morgan fingerprint density at radius 3 is 2.73 bits per heavy atom. The van der Waals surface area contributed by atoms with Crippen LogP contribution in [0.1, 0.15) is 43.2 Å². The maximum Gasteiger partial charge on any atom is 0.226 e. The number of ether oxygens (including phenoxy) is 4. The molecule has 30 heavy (non-hydrogen) atoms. The van der Waals surface area contributed by atoms with Crippen molar-refractivity contribution in [2.75, 3.05) is 26.9 Å². The molecular weight excluding hydrogens is 389 g/mol. The van der Waals surface area contributed by atoms with Crippen LogP contribution in [0.5, 0.6) is 11.5 Å². The summed E-state index contributed by atoms with van der Waals surface area (Å²) in [6.07, 6.45) is 3.07. The average Bonchev–Trinajstić information content (AvgIpc) is 3.38. The number of benzene rings is 1. The molecule has 7 heteroatoms. The smallest absolute Gasteiger partial charge is 0.226 e. The second kappa shape index (κ2) is 5.49. The Morgan fingerprint density at radius 1 is 1.20 bits per heavy atom. The van der Waals surface area contributed by atoms with Gasteiger partial charge in [-0.05, 0) is 43.7 Å². The van der Waals surface area contributed by atoms with Gasteiger partial charge in [0.2, 0.25) is 11.7 Å². The number of piperidine rings is 1. The van der Waals surface area contributed by atoms with Crippen molar-refractivity contribution in [3.63, 3.8) is 0 Å². The molecule has 1 amide bonds. The van der Waals surface area contributed by atoms with E-state index in [4.69, 9.17) is 18.9 Å². The minimum absolute atomic E-state index is 0.0857. The molecule has 3 aliphatic heterocycles. The predicted molar refractivity (Wildman–Crippen MR) is 103 cm³/mol. The topological polar surface area (TPSA) is 57.2 Å². The van der Waals surface area contributed by atoms with E-state index in [1.54, 1.807) is 7.11 Å². The van der Waals surface area contributed by atoms with Crippen molar-refractivity contribution in [2.45, 2.75) is 67.5 Å². The molecule has 0 N–H and O–H groups in total. The number of nitrogens with zero attached hydrogens (tertiary/aromatic N) is 1. The first kappa shape index (κ1) is 17.8. The van der Waals surface area contributed by atoms with Crippen LogP contribution in [-0.2, 0) is 26.1 Å². The van der Waals surface area contributed by atoms with E-state index in [1.807, 2.05) is 17.0 Å². The first-order valence-electron chi connectivity index (χ1n) is 11.2. The van der Waals surface area contributed by atoms with Gasteiger partial charge in [0.15, 0.2) is 17.6 Å². The summed E-state index contributed by atoms with van der Waals surface area (Å²) < 4.78 is 41.8. The van der Waals surface area contributed by atoms with Crippen molar-refractivity contribution in [2.24, 2.45) is 5.92 Å². The van der Waals surface area contributed by atoms with Gasteiger partial charge in [0, 0.05) is 24.4 Å². The molecule has 4 fully saturated rings. The lowest BCUT2D eigenvalue weighted by Gasteiger charge is -2.63. The molecule has 4 atom stereocenters. The van der Waals surface area contributed by atoms with Crippen molar-refractivity contribution in [3.8, 4) is 11.5 Å². The fourth-order valence-corrected chi connectivity index (χ4v) is 7.19. The standard InChI is InChI=1S/C23H26FNO5/c1-27-15-5-4-14-12-16-22(24)6-7-23(28-10-11-29-23)20-21(22,17(14)18(15)30-20)8-9-25(16)19(26)13-2-3-13/h4-5,13,16,20H,2-3,6-12H2,1H3/t16-,20?,21+,22?/m1/s1. The first-order valence-corrected chi connectivity index (χ1v) is 11.2. The molecular formula is C23H26FNO5. The molecule has 7 rings (SSSR count). The van der Waals surface area contributed by atoms with Gasteiger partial charge in [-0.1, -0.05) is 6.07 Å². The fraction of sp³-hybridized carbons (Fsp3) is 0.696. The number of alkyl halides is 1. The van der Waals surface area contributed by atoms with Crippen molar-refractivity contribution in [1.29, 1.82) is 0 Å². The molecule has 2 saturated heterocycles. The number of carbonyl (C=O) groups is 1. The number of rotatable bonds is 2. The summed E-state index contributed by atoms with van der Waals surface area (Å²) in [5, 5.41) is 0. The number of carbonyl (C=O) groups excluding carboxylic acids is 1. The van der Waals surface area contributed by atoms with Gasteiger partial charge in [0.25, 0.3) is 0 Å². The Balaban J connectivity index is 1.45. The lowest BCUT2D eigenvalue weighted by Crippen LogP contribution is -2.78. The molecule has 2 unspecified atom stereocenters. The van der Waals surface area contributed by atoms with Crippen LogP contribution < -0.4 is 9.47 Å². The van der Waals surface area contributed by atoms with Crippen molar-refractivity contribution in [3.05, 3.63) is 23.3 Å². The Hall–Kier alpha value is -1.86. The largest absolute Gasteiger partial charge is 0.493 e. The third-order valence-corrected chi connectivity index (χ3v) is 8.59. The molecule has 1 aromatic carbocycles. The average molecular weight is 415 g/mol. The normalized spacial score (nSPS) is 39.6. The highest BCUT2D eigenvalue weighted by Crippen LogP contribution is 2.69. The highest BCUT2D eigenvalue weighted by Gasteiger charge is 2.79. The highest BCUT2D eigenvalue weighted by molar-refractivity contribution is 5.82. The second-order valence-electron chi connectivity index (χ2n) is 9.75. The lowest BCUT2D eigenvalue weighted by molar-refractivity contribution is -0.281. The van der Waals surface area contributed by atoms with Crippen LogP contribution in [0.3, 0.4) is 0 Å². The van der Waals surface area contributed by atoms with Crippen LogP contribution in [0.25, 0.3) is 0 Å². The van der Waals surface area contributed by atoms with Crippen LogP contribution in [0.15, 0.2) is 12.1 Å². The number of halogens is 1. The molecule has 2 spiro atoms. The Bertz CT molecular complexity index is 957. The Labute approximate surface area is 174 Å². The quantitative estimate of drug-likeness (QED) is 0.743. The van der Waals surface area contributed by atoms with E-state index < -0.39 is 29.0 Å². The maximum atomic E-state index is 17.4. The van der Waals surface area contributed by atoms with E-state index in [2.05, 4.69) is 0 Å². The van der Waals surface area contributed by atoms with Gasteiger partial charge >= 0.3 is 0 Å². The van der Waals surface area contributed by atoms with Gasteiger partial charge in [0.1, 0.15) is 5.67 Å². The van der Waals surface area contributed by atoms with Crippen LogP contribution >= 0.6 is 0 Å². The van der Waals surface area contributed by atoms with Crippen LogP contribution in [0, 0.1) is 5.92 Å². The molecule has 1 aromatic rings. The predicted octanol–water partition coefficient (Wildman–Crippen LogP) is 2.51. The SMILES string of the molecule is COc1ccc2c3c1OC1C4(CCC5(F)[C@@H](C2)N(C(=O)C2CC2)CC[C@]315)OCCO4. The van der Waals surface area contributed by atoms with Crippen molar-refractivity contribution in [1.82, 2.24) is 4.90 Å². The molecule has 3 heterocycles. The van der Waals surface area contributed by atoms with Gasteiger partial charge in [-0.3, -0.25) is 4.79 Å². The number of hydrogen-bond donors (Lipinski definition) is 0. The summed E-state index contributed by atoms with van der Waals surface area (Å²) in [4.78, 5) is 15.0. The molecule has 0 aromatic heterocycles. The minimum Gasteiger partial charge on any atom is -0.493 e. The molecule has 160 valence electrons. The van der Waals surface area contributed by atoms with E-state index >= 15 is 4.39 Å². The van der Waals surface area contributed by atoms with E-state index in [9.17, 15) is 4.79 Å². The third-order valence-electron chi connectivity index (χ3n) is 8.59. The number of amides is 1. The zero-order valence-corrected chi connectivity index (χ0v) is 17.1. The minimum atomic E-state index is -1.56. The van der Waals surface area contributed by atoms with Crippen LogP contribution in [-0.4, -0.2) is 61.3 Å². The summed E-state index contributed by atoms with van der Waals surface area (Å²) in [6.45, 7) is 1.54. The van der Waals surface area contributed by atoms with Crippen molar-refractivity contribution < 1.29 is 28.1 Å². The fourth-order valence-electron chi connectivity index (χ4n) is 7.19. The van der Waals surface area contributed by atoms with Crippen LogP contribution in [0.2, 0.25) is 0 Å². The summed E-state index contributed by atoms with van der Waals surface area (Å²) >= 11 is 0. The number of hydrogen-bond acceptors (Lipinski definition) is 5. The van der Waals surface area contributed by atoms with Crippen molar-refractivity contribution >= 4 is 5.91 Å². The highest BCUT2D eigenvalue weighted by atomic mass is 19.1. The van der Waals surface area contributed by atoms with Gasteiger partial charge in [-0.2, -0.15) is 0 Å². The summed E-state index contributed by atoms with van der Waals surface area (Å²) in [5.74, 6) is 0.558. The van der Waals surface area contributed by atoms with Gasteiger partial charge < -0.3 is 23.8 Å². The molecule has 0 radical (unpaired) electrons. The first-order chi connectivity index (χ1) is 14.5. The van der Waals surface area contributed by atoms with E-state index in [1.165, 1.54) is 0 Å². The number of fused-ring (bicyclic) bond motifs is 1. The monoisotopic (exact) mass is 415 g/mol. The molecule has 2 bridgehead atoms. The Morgan fingerprint density at radius 2 is 2.00 bits per heavy atom. The molecule has 3 aliphatic carbocycles. The lowest BCUT2D eigenvalue weighted by atomic mass is 9.49. The zero-order valence-electron chi connectivity index (χ0n) is 17.1. The zero-order chi connectivity index (χ0) is 20.3. The Kier molecular flexibility index (Phi) is 3.25. The van der Waals surface area contributed by atoms with E-state index in [0.717, 1.165) is 24.0 Å². The number of likely N-dealkylation sites (tertiary alicyclic amines) is 1. The van der Waals surface area contributed by atoms with Gasteiger partial charge in [-0.15, -0.1) is 0 Å². The third kappa shape index (κ3) is 1.83. The molecule has 6 nitrogen and oxygen atoms in total. The van der Waals surface area contributed by atoms with Gasteiger partial charge in [-0.25, -0.2) is 4.39 Å². The van der Waals surface area contributed by atoms with Crippen LogP contribution in [0.4, 0.5) is 4.39 Å². The summed E-state index contributed by atoms with van der Waals surface area (Å²) in [5.41, 5.74) is -0.443. The second-order valence-corrected chi connectivity index (χ2v) is 9.75. The molecule has 2 saturated carbocycles. The maximum absolute atomic E-state index is 17.4. The van der Waals surface area contributed by atoms with E-state index in [-0.39, 0.29) is 11.8 Å². The van der Waals surface area contributed by atoms with Gasteiger partial charge in [0.05, 0.1) is 31.8 Å². The van der Waals surface area contributed by atoms with E-state index in [0.29, 0.717) is 56.9 Å². The number of methoxy groups -OCH3 is 1. The summed E-state index contributed by atoms with van der Waals surface area (Å²) in [6, 6.07) is 3.47. The summed E-state index contributed by atoms with van der Waals surface area (Å²) in [7, 11) is 1.62. The molecule has 6 aliphatic rings.